The van der Waals surface area contributed by atoms with Crippen LogP contribution in [0.4, 0.5) is 17.6 Å². The molecule has 2 aromatic rings. The van der Waals surface area contributed by atoms with Gasteiger partial charge in [-0.2, -0.15) is 17.6 Å². The molecule has 0 radical (unpaired) electrons. The quantitative estimate of drug-likeness (QED) is 0.630. The number of aryl methyl sites for hydroxylation is 1. The molecule has 0 N–H and O–H groups in total. The maximum Gasteiger partial charge on any atom is 0.339 e. The fourth-order valence-corrected chi connectivity index (χ4v) is 2.05. The van der Waals surface area contributed by atoms with Gasteiger partial charge in [-0.3, -0.25) is 0 Å². The normalized spacial score (nSPS) is 12.5. The molecule has 0 saturated heterocycles. The lowest BCUT2D eigenvalue weighted by Crippen LogP contribution is -2.35. The Hall–Kier alpha value is -1.36. The first-order valence-corrected chi connectivity index (χ1v) is 6.63. The lowest BCUT2D eigenvalue weighted by Gasteiger charge is -2.27. The van der Waals surface area contributed by atoms with E-state index in [-0.39, 0.29) is 0 Å². The minimum Gasteiger partial charge on any atom is -0.194 e. The second-order valence-corrected chi connectivity index (χ2v) is 5.44. The molecular weight excluding hydrogens is 336 g/mol. The van der Waals surface area contributed by atoms with E-state index in [1.807, 2.05) is 0 Å². The van der Waals surface area contributed by atoms with E-state index >= 15 is 0 Å². The maximum atomic E-state index is 14.1. The summed E-state index contributed by atoms with van der Waals surface area (Å²) in [5.74, 6) is -8.54. The summed E-state index contributed by atoms with van der Waals surface area (Å²) < 4.78 is 56.9. The number of rotatable bonds is 3. The van der Waals surface area contributed by atoms with Crippen molar-refractivity contribution in [1.29, 1.82) is 0 Å². The van der Waals surface area contributed by atoms with Crippen LogP contribution in [0.1, 0.15) is 16.7 Å². The monoisotopic (exact) mass is 346 g/mol. The highest BCUT2D eigenvalue weighted by Crippen LogP contribution is 2.49. The summed E-state index contributed by atoms with van der Waals surface area (Å²) in [6, 6.07) is 9.45. The van der Waals surface area contributed by atoms with Crippen LogP contribution in [-0.2, 0) is 11.8 Å². The maximum absolute atomic E-state index is 14.1. The molecule has 0 nitrogen and oxygen atoms in total. The second kappa shape index (κ2) is 5.20. The SMILES string of the molecule is Cc1ccc(C(F)(F)C(F)(F)c2ccc(Br)cc2)cc1. The predicted octanol–water partition coefficient (Wildman–Crippen LogP) is 5.64. The zero-order valence-electron chi connectivity index (χ0n) is 10.5. The van der Waals surface area contributed by atoms with Gasteiger partial charge in [0.25, 0.3) is 0 Å². The summed E-state index contributed by atoms with van der Waals surface area (Å²) in [4.78, 5) is 0. The molecule has 0 atom stereocenters. The van der Waals surface area contributed by atoms with E-state index in [0.29, 0.717) is 4.47 Å². The fourth-order valence-electron chi connectivity index (χ4n) is 1.78. The van der Waals surface area contributed by atoms with Crippen LogP contribution in [0, 0.1) is 6.92 Å². The van der Waals surface area contributed by atoms with Gasteiger partial charge in [0.1, 0.15) is 0 Å². The van der Waals surface area contributed by atoms with Gasteiger partial charge in [-0.05, 0) is 19.1 Å². The molecule has 0 aromatic heterocycles. The molecule has 0 saturated carbocycles. The van der Waals surface area contributed by atoms with Crippen LogP contribution in [0.2, 0.25) is 0 Å². The number of alkyl halides is 4. The summed E-state index contributed by atoms with van der Waals surface area (Å²) in [6.45, 7) is 1.70. The highest BCUT2D eigenvalue weighted by atomic mass is 79.9. The lowest BCUT2D eigenvalue weighted by molar-refractivity contribution is -0.223. The molecular formula is C15H11BrF4. The van der Waals surface area contributed by atoms with Crippen molar-refractivity contribution >= 4 is 15.9 Å². The molecule has 0 bridgehead atoms. The Bertz CT molecular complexity index is 533. The van der Waals surface area contributed by atoms with E-state index in [2.05, 4.69) is 15.9 Å². The molecule has 0 amide bonds. The number of hydrogen-bond donors (Lipinski definition) is 0. The summed E-state index contributed by atoms with van der Waals surface area (Å²) >= 11 is 3.08. The first-order chi connectivity index (χ1) is 9.25. The van der Waals surface area contributed by atoms with Crippen molar-refractivity contribution in [2.45, 2.75) is 18.8 Å². The van der Waals surface area contributed by atoms with Crippen LogP contribution < -0.4 is 0 Å². The van der Waals surface area contributed by atoms with E-state index < -0.39 is 23.0 Å². The van der Waals surface area contributed by atoms with Crippen LogP contribution in [0.3, 0.4) is 0 Å². The average molecular weight is 347 g/mol. The topological polar surface area (TPSA) is 0 Å². The van der Waals surface area contributed by atoms with Gasteiger partial charge in [-0.15, -0.1) is 0 Å². The molecule has 0 aliphatic rings. The van der Waals surface area contributed by atoms with Crippen LogP contribution >= 0.6 is 15.9 Å². The zero-order valence-corrected chi connectivity index (χ0v) is 12.1. The van der Waals surface area contributed by atoms with Gasteiger partial charge in [0.05, 0.1) is 0 Å². The van der Waals surface area contributed by atoms with Crippen molar-refractivity contribution in [3.05, 3.63) is 69.7 Å². The third-order valence-electron chi connectivity index (χ3n) is 3.02. The smallest absolute Gasteiger partial charge is 0.194 e. The molecule has 0 spiro atoms. The fraction of sp³-hybridized carbons (Fsp3) is 0.200. The van der Waals surface area contributed by atoms with Crippen molar-refractivity contribution in [3.63, 3.8) is 0 Å². The highest BCUT2D eigenvalue weighted by Gasteiger charge is 2.58. The molecule has 106 valence electrons. The van der Waals surface area contributed by atoms with Crippen LogP contribution in [0.25, 0.3) is 0 Å². The largest absolute Gasteiger partial charge is 0.339 e. The van der Waals surface area contributed by atoms with Crippen molar-refractivity contribution in [2.75, 3.05) is 0 Å². The predicted molar refractivity (Wildman–Crippen MR) is 73.1 cm³/mol. The second-order valence-electron chi connectivity index (χ2n) is 4.52. The molecule has 2 rings (SSSR count). The minimum absolute atomic E-state index is 0.552. The van der Waals surface area contributed by atoms with Crippen molar-refractivity contribution in [3.8, 4) is 0 Å². The van der Waals surface area contributed by atoms with Crippen LogP contribution in [-0.4, -0.2) is 0 Å². The molecule has 2 aromatic carbocycles. The van der Waals surface area contributed by atoms with Gasteiger partial charge in [-0.25, -0.2) is 0 Å². The van der Waals surface area contributed by atoms with E-state index in [0.717, 1.165) is 29.8 Å². The van der Waals surface area contributed by atoms with E-state index in [4.69, 9.17) is 0 Å². The van der Waals surface area contributed by atoms with Crippen molar-refractivity contribution < 1.29 is 17.6 Å². The Morgan fingerprint density at radius 1 is 0.700 bits per heavy atom. The minimum atomic E-state index is -4.27. The Morgan fingerprint density at radius 2 is 1.05 bits per heavy atom. The van der Waals surface area contributed by atoms with Crippen molar-refractivity contribution in [2.24, 2.45) is 0 Å². The van der Waals surface area contributed by atoms with Gasteiger partial charge in [0, 0.05) is 15.6 Å². The highest BCUT2D eigenvalue weighted by molar-refractivity contribution is 9.10. The molecule has 20 heavy (non-hydrogen) atoms. The Balaban J connectivity index is 2.45. The third kappa shape index (κ3) is 2.59. The third-order valence-corrected chi connectivity index (χ3v) is 3.54. The zero-order chi connectivity index (χ0) is 15.0. The van der Waals surface area contributed by atoms with Gasteiger partial charge in [0.2, 0.25) is 0 Å². The van der Waals surface area contributed by atoms with Gasteiger partial charge >= 0.3 is 11.8 Å². The van der Waals surface area contributed by atoms with Crippen molar-refractivity contribution in [1.82, 2.24) is 0 Å². The Kier molecular flexibility index (Phi) is 3.91. The summed E-state index contributed by atoms with van der Waals surface area (Å²) in [5, 5.41) is 0. The van der Waals surface area contributed by atoms with Gasteiger partial charge in [0.15, 0.2) is 0 Å². The number of benzene rings is 2. The molecule has 0 fully saturated rings. The van der Waals surface area contributed by atoms with E-state index in [1.54, 1.807) is 6.92 Å². The van der Waals surface area contributed by atoms with Gasteiger partial charge in [-0.1, -0.05) is 57.9 Å². The first kappa shape index (κ1) is 15.0. The van der Waals surface area contributed by atoms with E-state index in [1.165, 1.54) is 24.3 Å². The lowest BCUT2D eigenvalue weighted by atomic mass is 9.95. The first-order valence-electron chi connectivity index (χ1n) is 5.84. The van der Waals surface area contributed by atoms with E-state index in [9.17, 15) is 17.6 Å². The summed E-state index contributed by atoms with van der Waals surface area (Å²) in [5.41, 5.74) is -0.682. The van der Waals surface area contributed by atoms with Crippen LogP contribution in [0.15, 0.2) is 53.0 Å². The molecule has 0 aliphatic carbocycles. The Morgan fingerprint density at radius 3 is 1.45 bits per heavy atom. The molecule has 0 unspecified atom stereocenters. The standard InChI is InChI=1S/C15H11BrF4/c1-10-2-4-11(5-3-10)14(17,18)15(19,20)12-6-8-13(16)9-7-12/h2-9H,1H3. The molecule has 0 aliphatic heterocycles. The number of halogens is 5. The Labute approximate surface area is 122 Å². The summed E-state index contributed by atoms with van der Waals surface area (Å²) in [6.07, 6.45) is 0. The average Bonchev–Trinajstić information content (AvgIpc) is 2.39. The molecule has 0 heterocycles. The molecule has 5 heteroatoms. The van der Waals surface area contributed by atoms with Gasteiger partial charge < -0.3 is 0 Å². The number of hydrogen-bond acceptors (Lipinski definition) is 0. The van der Waals surface area contributed by atoms with Crippen LogP contribution in [0.5, 0.6) is 0 Å². The summed E-state index contributed by atoms with van der Waals surface area (Å²) in [7, 11) is 0.